The summed E-state index contributed by atoms with van der Waals surface area (Å²) >= 11 is 0. The van der Waals surface area contributed by atoms with Crippen molar-refractivity contribution in [1.29, 1.82) is 0 Å². The second kappa shape index (κ2) is 6.77. The van der Waals surface area contributed by atoms with Gasteiger partial charge in [0.25, 0.3) is 0 Å². The zero-order chi connectivity index (χ0) is 14.7. The fourth-order valence-corrected chi connectivity index (χ4v) is 3.48. The Hall–Kier alpha value is -1.10. The first-order valence-corrected chi connectivity index (χ1v) is 8.13. The molecule has 0 amide bonds. The van der Waals surface area contributed by atoms with E-state index in [0.717, 1.165) is 51.4 Å². The summed E-state index contributed by atoms with van der Waals surface area (Å²) in [7, 11) is 0. The molecule has 4 heteroatoms. The summed E-state index contributed by atoms with van der Waals surface area (Å²) < 4.78 is 5.45. The van der Waals surface area contributed by atoms with E-state index in [1.54, 1.807) is 0 Å². The molecule has 0 aliphatic carbocycles. The molecule has 21 heavy (non-hydrogen) atoms. The van der Waals surface area contributed by atoms with Crippen LogP contribution in [0.25, 0.3) is 0 Å². The monoisotopic (exact) mass is 290 g/mol. The molecule has 1 unspecified atom stereocenters. The molecule has 116 valence electrons. The van der Waals surface area contributed by atoms with E-state index >= 15 is 0 Å². The van der Waals surface area contributed by atoms with Crippen LogP contribution in [0.2, 0.25) is 0 Å². The third-order valence-corrected chi connectivity index (χ3v) is 4.75. The average molecular weight is 290 g/mol. The normalized spacial score (nSPS) is 25.2. The number of ether oxygens (including phenoxy) is 1. The Bertz CT molecular complexity index is 460. The predicted octanol–water partition coefficient (Wildman–Crippen LogP) is 2.04. The lowest BCUT2D eigenvalue weighted by molar-refractivity contribution is 0.0209. The Morgan fingerprint density at radius 1 is 1.24 bits per heavy atom. The molecule has 2 saturated heterocycles. The minimum absolute atomic E-state index is 0.358. The van der Waals surface area contributed by atoms with E-state index in [4.69, 9.17) is 4.74 Å². The molecule has 1 aromatic carbocycles. The number of hydrogen-bond acceptors (Lipinski definition) is 4. The standard InChI is InChI=1S/C17H26N2O2/c1-2-17(20)15-5-3-4-6-16(15)19-8-7-14(13-19)18-9-11-21-12-10-18/h3-6,14,17,20H,2,7-13H2,1H3/t14?,17-/m0/s1. The number of para-hydroxylation sites is 1. The van der Waals surface area contributed by atoms with E-state index in [-0.39, 0.29) is 6.10 Å². The number of hydrogen-bond donors (Lipinski definition) is 1. The van der Waals surface area contributed by atoms with Gasteiger partial charge in [-0.25, -0.2) is 0 Å². The first kappa shape index (κ1) is 14.8. The van der Waals surface area contributed by atoms with Crippen molar-refractivity contribution < 1.29 is 9.84 Å². The van der Waals surface area contributed by atoms with E-state index in [1.165, 1.54) is 12.1 Å². The van der Waals surface area contributed by atoms with Gasteiger partial charge in [-0.3, -0.25) is 4.90 Å². The highest BCUT2D eigenvalue weighted by Gasteiger charge is 2.30. The molecule has 1 N–H and O–H groups in total. The number of nitrogens with zero attached hydrogens (tertiary/aromatic N) is 2. The van der Waals surface area contributed by atoms with Gasteiger partial charge in [-0.15, -0.1) is 0 Å². The topological polar surface area (TPSA) is 35.9 Å². The fraction of sp³-hybridized carbons (Fsp3) is 0.647. The molecule has 2 aliphatic rings. The first-order chi connectivity index (χ1) is 10.3. The van der Waals surface area contributed by atoms with Crippen LogP contribution in [-0.2, 0) is 4.74 Å². The van der Waals surface area contributed by atoms with Gasteiger partial charge in [0, 0.05) is 43.5 Å². The van der Waals surface area contributed by atoms with Gasteiger partial charge in [0.15, 0.2) is 0 Å². The van der Waals surface area contributed by atoms with Gasteiger partial charge in [-0.1, -0.05) is 25.1 Å². The molecule has 2 atom stereocenters. The lowest BCUT2D eigenvalue weighted by atomic mass is 10.0. The zero-order valence-corrected chi connectivity index (χ0v) is 12.9. The third kappa shape index (κ3) is 3.23. The Morgan fingerprint density at radius 2 is 2.00 bits per heavy atom. The summed E-state index contributed by atoms with van der Waals surface area (Å²) in [5.41, 5.74) is 2.28. The van der Waals surface area contributed by atoms with Crippen LogP contribution in [0.4, 0.5) is 5.69 Å². The maximum Gasteiger partial charge on any atom is 0.0807 e. The van der Waals surface area contributed by atoms with Gasteiger partial charge in [0.2, 0.25) is 0 Å². The molecule has 0 bridgehead atoms. The second-order valence-electron chi connectivity index (χ2n) is 6.02. The highest BCUT2D eigenvalue weighted by molar-refractivity contribution is 5.55. The van der Waals surface area contributed by atoms with Crippen molar-refractivity contribution in [2.75, 3.05) is 44.3 Å². The Labute approximate surface area is 127 Å². The average Bonchev–Trinajstić information content (AvgIpc) is 3.05. The second-order valence-corrected chi connectivity index (χ2v) is 6.02. The van der Waals surface area contributed by atoms with Crippen molar-refractivity contribution in [3.8, 4) is 0 Å². The van der Waals surface area contributed by atoms with Gasteiger partial charge in [-0.2, -0.15) is 0 Å². The summed E-state index contributed by atoms with van der Waals surface area (Å²) in [6.45, 7) is 8.00. The maximum absolute atomic E-state index is 10.2. The highest BCUT2D eigenvalue weighted by Crippen LogP contribution is 2.31. The van der Waals surface area contributed by atoms with Crippen molar-refractivity contribution in [2.45, 2.75) is 31.9 Å². The predicted molar refractivity (Wildman–Crippen MR) is 84.7 cm³/mol. The maximum atomic E-state index is 10.2. The number of rotatable bonds is 4. The Morgan fingerprint density at radius 3 is 2.76 bits per heavy atom. The van der Waals surface area contributed by atoms with E-state index in [1.807, 2.05) is 13.0 Å². The van der Waals surface area contributed by atoms with Crippen LogP contribution in [0.5, 0.6) is 0 Å². The summed E-state index contributed by atoms with van der Waals surface area (Å²) in [6.07, 6.45) is 1.61. The number of morpholine rings is 1. The van der Waals surface area contributed by atoms with Gasteiger partial charge in [-0.05, 0) is 18.9 Å². The quantitative estimate of drug-likeness (QED) is 0.920. The molecule has 0 spiro atoms. The van der Waals surface area contributed by atoms with Crippen molar-refractivity contribution in [3.05, 3.63) is 29.8 Å². The molecule has 4 nitrogen and oxygen atoms in total. The molecule has 1 aromatic rings. The summed E-state index contributed by atoms with van der Waals surface area (Å²) in [5.74, 6) is 0. The van der Waals surface area contributed by atoms with Gasteiger partial charge in [0.1, 0.15) is 0 Å². The molecule has 0 aromatic heterocycles. The number of aliphatic hydroxyl groups excluding tert-OH is 1. The van der Waals surface area contributed by atoms with E-state index in [9.17, 15) is 5.11 Å². The number of aliphatic hydroxyl groups is 1. The van der Waals surface area contributed by atoms with Crippen LogP contribution in [-0.4, -0.2) is 55.4 Å². The van der Waals surface area contributed by atoms with Gasteiger partial charge in [0.05, 0.1) is 19.3 Å². The van der Waals surface area contributed by atoms with Crippen LogP contribution in [0.15, 0.2) is 24.3 Å². The Kier molecular flexibility index (Phi) is 4.78. The zero-order valence-electron chi connectivity index (χ0n) is 12.9. The smallest absolute Gasteiger partial charge is 0.0807 e. The molecule has 0 radical (unpaired) electrons. The van der Waals surface area contributed by atoms with Crippen LogP contribution >= 0.6 is 0 Å². The molecule has 2 aliphatic heterocycles. The lowest BCUT2D eigenvalue weighted by Gasteiger charge is -2.32. The first-order valence-electron chi connectivity index (χ1n) is 8.13. The lowest BCUT2D eigenvalue weighted by Crippen LogP contribution is -2.44. The number of benzene rings is 1. The molecular formula is C17H26N2O2. The third-order valence-electron chi connectivity index (χ3n) is 4.75. The summed E-state index contributed by atoms with van der Waals surface area (Å²) in [6, 6.07) is 8.93. The molecule has 3 rings (SSSR count). The van der Waals surface area contributed by atoms with E-state index in [0.29, 0.717) is 6.04 Å². The fourth-order valence-electron chi connectivity index (χ4n) is 3.48. The van der Waals surface area contributed by atoms with Crippen LogP contribution in [0.1, 0.15) is 31.4 Å². The molecular weight excluding hydrogens is 264 g/mol. The minimum atomic E-state index is -0.358. The Balaban J connectivity index is 1.71. The highest BCUT2D eigenvalue weighted by atomic mass is 16.5. The van der Waals surface area contributed by atoms with Crippen molar-refractivity contribution in [1.82, 2.24) is 4.90 Å². The molecule has 2 fully saturated rings. The van der Waals surface area contributed by atoms with Gasteiger partial charge < -0.3 is 14.7 Å². The van der Waals surface area contributed by atoms with Crippen molar-refractivity contribution in [2.24, 2.45) is 0 Å². The van der Waals surface area contributed by atoms with Crippen LogP contribution < -0.4 is 4.90 Å². The van der Waals surface area contributed by atoms with Crippen molar-refractivity contribution >= 4 is 5.69 Å². The SMILES string of the molecule is CC[C@H](O)c1ccccc1N1CCC(N2CCOCC2)C1. The largest absolute Gasteiger partial charge is 0.388 e. The molecule has 2 heterocycles. The van der Waals surface area contributed by atoms with Gasteiger partial charge >= 0.3 is 0 Å². The van der Waals surface area contributed by atoms with E-state index in [2.05, 4.69) is 28.0 Å². The van der Waals surface area contributed by atoms with Crippen LogP contribution in [0.3, 0.4) is 0 Å². The number of anilines is 1. The summed E-state index contributed by atoms with van der Waals surface area (Å²) in [5, 5.41) is 10.2. The van der Waals surface area contributed by atoms with Crippen LogP contribution in [0, 0.1) is 0 Å². The minimum Gasteiger partial charge on any atom is -0.388 e. The molecule has 0 saturated carbocycles. The summed E-state index contributed by atoms with van der Waals surface area (Å²) in [4.78, 5) is 5.00. The van der Waals surface area contributed by atoms with E-state index < -0.39 is 0 Å². The van der Waals surface area contributed by atoms with Crippen molar-refractivity contribution in [3.63, 3.8) is 0 Å².